The van der Waals surface area contributed by atoms with Crippen molar-refractivity contribution in [1.82, 2.24) is 19.5 Å². The summed E-state index contributed by atoms with van der Waals surface area (Å²) in [5.41, 5.74) is 4.76. The van der Waals surface area contributed by atoms with Gasteiger partial charge in [-0.3, -0.25) is 0 Å². The molecule has 2 aliphatic heterocycles. The zero-order valence-electron chi connectivity index (χ0n) is 13.0. The summed E-state index contributed by atoms with van der Waals surface area (Å²) in [5.74, 6) is 1.70. The predicted molar refractivity (Wildman–Crippen MR) is 91.0 cm³/mol. The van der Waals surface area contributed by atoms with Gasteiger partial charge in [-0.05, 0) is 25.0 Å². The average molecular weight is 308 g/mol. The summed E-state index contributed by atoms with van der Waals surface area (Å²) in [6, 6.07) is 6.34. The van der Waals surface area contributed by atoms with Gasteiger partial charge in [0.2, 0.25) is 5.95 Å². The van der Waals surface area contributed by atoms with E-state index in [1.165, 1.54) is 16.9 Å². The van der Waals surface area contributed by atoms with Gasteiger partial charge in [-0.2, -0.15) is 0 Å². The van der Waals surface area contributed by atoms with Crippen LogP contribution >= 0.6 is 0 Å². The van der Waals surface area contributed by atoms with Gasteiger partial charge in [0.25, 0.3) is 0 Å². The largest absolute Gasteiger partial charge is 0.381 e. The Labute approximate surface area is 134 Å². The molecular formula is C17H20N6. The third-order valence-corrected chi connectivity index (χ3v) is 5.11. The quantitative estimate of drug-likeness (QED) is 0.764. The predicted octanol–water partition coefficient (Wildman–Crippen LogP) is 2.57. The van der Waals surface area contributed by atoms with Gasteiger partial charge in [0.15, 0.2) is 0 Å². The number of H-pyrrole nitrogens is 1. The first-order valence-electron chi connectivity index (χ1n) is 8.37. The van der Waals surface area contributed by atoms with Crippen LogP contribution in [0.3, 0.4) is 0 Å². The lowest BCUT2D eigenvalue weighted by Gasteiger charge is -2.33. The van der Waals surface area contributed by atoms with Crippen LogP contribution < -0.4 is 10.2 Å². The summed E-state index contributed by atoms with van der Waals surface area (Å²) in [6.45, 7) is 4.05. The van der Waals surface area contributed by atoms with E-state index in [2.05, 4.69) is 43.0 Å². The molecule has 1 fully saturated rings. The molecule has 1 aromatic carbocycles. The highest BCUT2D eigenvalue weighted by Gasteiger charge is 2.26. The number of nitrogens with one attached hydrogen (secondary N) is 2. The van der Waals surface area contributed by atoms with Crippen LogP contribution in [0.25, 0.3) is 11.0 Å². The monoisotopic (exact) mass is 308 g/mol. The van der Waals surface area contributed by atoms with Crippen molar-refractivity contribution in [2.45, 2.75) is 25.3 Å². The maximum absolute atomic E-state index is 4.92. The number of rotatable bonds is 2. The van der Waals surface area contributed by atoms with Crippen molar-refractivity contribution >= 4 is 22.7 Å². The van der Waals surface area contributed by atoms with E-state index in [1.54, 1.807) is 6.33 Å². The van der Waals surface area contributed by atoms with Crippen LogP contribution in [-0.2, 0) is 6.54 Å². The number of aromatic amines is 1. The van der Waals surface area contributed by atoms with E-state index in [0.29, 0.717) is 5.92 Å². The normalized spacial score (nSPS) is 18.3. The molecule has 0 radical (unpaired) electrons. The Morgan fingerprint density at radius 2 is 2.04 bits per heavy atom. The lowest BCUT2D eigenvalue weighted by molar-refractivity contribution is 0.487. The molecular weight excluding hydrogens is 288 g/mol. The minimum atomic E-state index is 0.570. The molecule has 1 saturated heterocycles. The van der Waals surface area contributed by atoms with Crippen molar-refractivity contribution in [3.8, 4) is 0 Å². The Kier molecular flexibility index (Phi) is 2.83. The zero-order valence-corrected chi connectivity index (χ0v) is 13.0. The zero-order chi connectivity index (χ0) is 15.2. The van der Waals surface area contributed by atoms with Crippen LogP contribution in [-0.4, -0.2) is 39.2 Å². The van der Waals surface area contributed by atoms with E-state index in [1.807, 2.05) is 6.20 Å². The third-order valence-electron chi connectivity index (χ3n) is 5.11. The second-order valence-electron chi connectivity index (χ2n) is 6.42. The molecule has 0 saturated carbocycles. The number of anilines is 2. The summed E-state index contributed by atoms with van der Waals surface area (Å²) in [7, 11) is 0. The Morgan fingerprint density at radius 3 is 2.87 bits per heavy atom. The van der Waals surface area contributed by atoms with Crippen LogP contribution in [0.2, 0.25) is 0 Å². The fourth-order valence-corrected chi connectivity index (χ4v) is 3.94. The molecule has 0 amide bonds. The molecule has 5 rings (SSSR count). The third kappa shape index (κ3) is 2.01. The van der Waals surface area contributed by atoms with E-state index in [4.69, 9.17) is 4.98 Å². The van der Waals surface area contributed by atoms with Gasteiger partial charge >= 0.3 is 0 Å². The van der Waals surface area contributed by atoms with Crippen molar-refractivity contribution < 1.29 is 0 Å². The maximum atomic E-state index is 4.92. The fourth-order valence-electron chi connectivity index (χ4n) is 3.94. The summed E-state index contributed by atoms with van der Waals surface area (Å²) >= 11 is 0. The van der Waals surface area contributed by atoms with Crippen molar-refractivity contribution in [2.24, 2.45) is 0 Å². The average Bonchev–Trinajstić information content (AvgIpc) is 3.25. The van der Waals surface area contributed by atoms with Crippen molar-refractivity contribution in [3.63, 3.8) is 0 Å². The van der Waals surface area contributed by atoms with Gasteiger partial charge in [0.05, 0.1) is 28.7 Å². The Hall–Kier alpha value is -2.50. The topological polar surface area (TPSA) is 61.8 Å². The van der Waals surface area contributed by atoms with Crippen LogP contribution in [0.1, 0.15) is 24.5 Å². The number of para-hydroxylation sites is 1. The summed E-state index contributed by atoms with van der Waals surface area (Å²) in [5, 5.41) is 3.48. The van der Waals surface area contributed by atoms with Crippen LogP contribution in [0.5, 0.6) is 0 Å². The van der Waals surface area contributed by atoms with Crippen molar-refractivity contribution in [3.05, 3.63) is 36.4 Å². The van der Waals surface area contributed by atoms with Crippen LogP contribution in [0.4, 0.5) is 11.6 Å². The highest BCUT2D eigenvalue weighted by molar-refractivity contribution is 5.91. The molecule has 0 bridgehead atoms. The smallest absolute Gasteiger partial charge is 0.206 e. The van der Waals surface area contributed by atoms with Gasteiger partial charge in [0.1, 0.15) is 0 Å². The molecule has 2 N–H and O–H groups in total. The number of hydrogen-bond acceptors (Lipinski definition) is 4. The minimum Gasteiger partial charge on any atom is -0.381 e. The second-order valence-corrected chi connectivity index (χ2v) is 6.42. The van der Waals surface area contributed by atoms with Crippen molar-refractivity contribution in [1.29, 1.82) is 0 Å². The minimum absolute atomic E-state index is 0.570. The number of benzene rings is 1. The van der Waals surface area contributed by atoms with Crippen LogP contribution in [0.15, 0.2) is 30.7 Å². The molecule has 3 aromatic rings. The summed E-state index contributed by atoms with van der Waals surface area (Å²) < 4.78 is 2.38. The number of nitrogens with zero attached hydrogens (tertiary/aromatic N) is 4. The number of aromatic nitrogens is 4. The molecule has 2 aromatic heterocycles. The summed E-state index contributed by atoms with van der Waals surface area (Å²) in [6.07, 6.45) is 6.09. The first-order chi connectivity index (χ1) is 11.4. The highest BCUT2D eigenvalue weighted by Crippen LogP contribution is 2.34. The van der Waals surface area contributed by atoms with E-state index in [-0.39, 0.29) is 0 Å². The van der Waals surface area contributed by atoms with E-state index in [9.17, 15) is 0 Å². The highest BCUT2D eigenvalue weighted by atomic mass is 15.3. The molecule has 0 atom stereocenters. The SMILES string of the molecule is c1cc2c3c(c1)nc(N1CCC(c4c[nH]cn4)CC1)n3CCN2. The fraction of sp³-hybridized carbons (Fsp3) is 0.412. The van der Waals surface area contributed by atoms with Gasteiger partial charge in [0, 0.05) is 38.3 Å². The van der Waals surface area contributed by atoms with Crippen molar-refractivity contribution in [2.75, 3.05) is 29.9 Å². The van der Waals surface area contributed by atoms with E-state index >= 15 is 0 Å². The molecule has 6 nitrogen and oxygen atoms in total. The van der Waals surface area contributed by atoms with Gasteiger partial charge in [-0.15, -0.1) is 0 Å². The van der Waals surface area contributed by atoms with Crippen LogP contribution in [0, 0.1) is 0 Å². The summed E-state index contributed by atoms with van der Waals surface area (Å²) in [4.78, 5) is 14.9. The van der Waals surface area contributed by atoms with Gasteiger partial charge < -0.3 is 19.8 Å². The first kappa shape index (κ1) is 13.0. The maximum Gasteiger partial charge on any atom is 0.206 e. The van der Waals surface area contributed by atoms with E-state index < -0.39 is 0 Å². The standard InChI is InChI=1S/C17H20N6/c1-2-13-16-14(3-1)21-17(23(16)9-6-19-13)22-7-4-12(5-8-22)15-10-18-11-20-15/h1-3,10-12,19H,4-9H2,(H,18,20). The van der Waals surface area contributed by atoms with E-state index in [0.717, 1.165) is 50.5 Å². The molecule has 0 spiro atoms. The Bertz CT molecular complexity index is 826. The molecule has 0 aliphatic carbocycles. The molecule has 118 valence electrons. The number of piperidine rings is 1. The molecule has 0 unspecified atom stereocenters. The number of hydrogen-bond donors (Lipinski definition) is 2. The van der Waals surface area contributed by atoms with Gasteiger partial charge in [-0.1, -0.05) is 6.07 Å². The Morgan fingerprint density at radius 1 is 1.13 bits per heavy atom. The lowest BCUT2D eigenvalue weighted by Crippen LogP contribution is -2.35. The molecule has 23 heavy (non-hydrogen) atoms. The Balaban J connectivity index is 1.45. The molecule has 6 heteroatoms. The first-order valence-corrected chi connectivity index (χ1v) is 8.37. The second kappa shape index (κ2) is 5.01. The lowest BCUT2D eigenvalue weighted by atomic mass is 9.94. The molecule has 4 heterocycles. The molecule has 2 aliphatic rings. The van der Waals surface area contributed by atoms with Gasteiger partial charge in [-0.25, -0.2) is 9.97 Å². The number of imidazole rings is 2.